The van der Waals surface area contributed by atoms with Gasteiger partial charge in [-0.25, -0.2) is 0 Å². The number of benzene rings is 1. The van der Waals surface area contributed by atoms with Crippen molar-refractivity contribution >= 4 is 23.2 Å². The number of halogens is 5. The third kappa shape index (κ3) is 4.29. The summed E-state index contributed by atoms with van der Waals surface area (Å²) in [5.41, 5.74) is 1.04. The first kappa shape index (κ1) is 16.0. The van der Waals surface area contributed by atoms with Crippen LogP contribution in [0.3, 0.4) is 0 Å². The molecule has 20 heavy (non-hydrogen) atoms. The van der Waals surface area contributed by atoms with Gasteiger partial charge in [-0.15, -0.1) is 11.6 Å². The smallest absolute Gasteiger partial charge is 0.171 e. The van der Waals surface area contributed by atoms with E-state index in [1.807, 2.05) is 18.2 Å². The second-order valence-electron chi connectivity index (χ2n) is 5.50. The van der Waals surface area contributed by atoms with E-state index in [9.17, 15) is 13.2 Å². The van der Waals surface area contributed by atoms with Crippen LogP contribution in [-0.2, 0) is 6.42 Å². The van der Waals surface area contributed by atoms with Crippen molar-refractivity contribution in [2.75, 3.05) is 0 Å². The van der Waals surface area contributed by atoms with Gasteiger partial charge in [0.1, 0.15) is 0 Å². The van der Waals surface area contributed by atoms with Gasteiger partial charge in [-0.05, 0) is 55.7 Å². The first-order chi connectivity index (χ1) is 9.36. The van der Waals surface area contributed by atoms with Crippen LogP contribution >= 0.6 is 23.2 Å². The molecule has 0 amide bonds. The molecule has 5 heteroatoms. The Kier molecular flexibility index (Phi) is 5.25. The van der Waals surface area contributed by atoms with E-state index in [1.165, 1.54) is 0 Å². The Hall–Kier alpha value is -0.410. The quantitative estimate of drug-likeness (QED) is 0.611. The summed E-state index contributed by atoms with van der Waals surface area (Å²) < 4.78 is 37.8. The molecule has 0 bridgehead atoms. The molecule has 1 atom stereocenters. The van der Waals surface area contributed by atoms with Crippen molar-refractivity contribution in [2.24, 2.45) is 11.8 Å². The van der Waals surface area contributed by atoms with Gasteiger partial charge in [-0.3, -0.25) is 0 Å². The van der Waals surface area contributed by atoms with Crippen molar-refractivity contribution in [3.8, 4) is 0 Å². The summed E-state index contributed by atoms with van der Waals surface area (Å²) >= 11 is 12.3. The van der Waals surface area contributed by atoms with E-state index >= 15 is 0 Å². The molecule has 0 saturated heterocycles. The van der Waals surface area contributed by atoms with E-state index in [0.29, 0.717) is 24.3 Å². The van der Waals surface area contributed by atoms with Crippen LogP contribution in [0.25, 0.3) is 0 Å². The second kappa shape index (κ2) is 6.57. The number of hydrogen-bond donors (Lipinski definition) is 0. The summed E-state index contributed by atoms with van der Waals surface area (Å²) in [6.45, 7) is 0. The van der Waals surface area contributed by atoms with Crippen molar-refractivity contribution in [1.82, 2.24) is 0 Å². The Morgan fingerprint density at radius 2 is 1.80 bits per heavy atom. The fourth-order valence-electron chi connectivity index (χ4n) is 2.86. The molecule has 0 aromatic heterocycles. The molecule has 1 fully saturated rings. The zero-order valence-corrected chi connectivity index (χ0v) is 12.5. The molecule has 2 rings (SSSR count). The molecule has 112 valence electrons. The Morgan fingerprint density at radius 3 is 2.35 bits per heavy atom. The summed E-state index contributed by atoms with van der Waals surface area (Å²) in [6, 6.07) is 7.46. The predicted octanol–water partition coefficient (Wildman–Crippen LogP) is 5.86. The molecule has 1 unspecified atom stereocenters. The van der Waals surface area contributed by atoms with E-state index in [0.717, 1.165) is 5.56 Å². The molecule has 0 aliphatic heterocycles. The van der Waals surface area contributed by atoms with Gasteiger partial charge in [0.15, 0.2) is 0 Å². The Labute approximate surface area is 127 Å². The molecular weight excluding hydrogens is 308 g/mol. The van der Waals surface area contributed by atoms with Crippen LogP contribution in [0.1, 0.15) is 31.2 Å². The van der Waals surface area contributed by atoms with Crippen molar-refractivity contribution in [1.29, 1.82) is 0 Å². The van der Waals surface area contributed by atoms with E-state index in [1.54, 1.807) is 6.07 Å². The molecule has 1 aromatic rings. The van der Waals surface area contributed by atoms with Crippen molar-refractivity contribution in [3.05, 3.63) is 34.9 Å². The van der Waals surface area contributed by atoms with Crippen molar-refractivity contribution in [2.45, 2.75) is 43.7 Å². The fourth-order valence-corrected chi connectivity index (χ4v) is 3.51. The molecule has 1 aromatic carbocycles. The largest absolute Gasteiger partial charge is 0.391 e. The minimum atomic E-state index is -4.06. The molecule has 0 N–H and O–H groups in total. The SMILES string of the molecule is FC(F)(F)C1CCC(C(Cl)Cc2cccc(Cl)c2)CC1. The predicted molar refractivity (Wildman–Crippen MR) is 76.3 cm³/mol. The van der Waals surface area contributed by atoms with Gasteiger partial charge >= 0.3 is 6.18 Å². The van der Waals surface area contributed by atoms with Gasteiger partial charge in [0.25, 0.3) is 0 Å². The molecule has 1 aliphatic carbocycles. The zero-order valence-electron chi connectivity index (χ0n) is 11.0. The molecule has 1 saturated carbocycles. The van der Waals surface area contributed by atoms with Crippen LogP contribution in [0.5, 0.6) is 0 Å². The summed E-state index contributed by atoms with van der Waals surface area (Å²) in [5, 5.41) is 0.537. The van der Waals surface area contributed by atoms with Gasteiger partial charge in [-0.2, -0.15) is 13.2 Å². The topological polar surface area (TPSA) is 0 Å². The molecule has 1 aliphatic rings. The minimum Gasteiger partial charge on any atom is -0.171 e. The third-order valence-electron chi connectivity index (χ3n) is 4.07. The van der Waals surface area contributed by atoms with Gasteiger partial charge in [0.05, 0.1) is 5.92 Å². The summed E-state index contributed by atoms with van der Waals surface area (Å²) in [4.78, 5) is 0. The average molecular weight is 325 g/mol. The Balaban J connectivity index is 1.87. The third-order valence-corrected chi connectivity index (χ3v) is 4.81. The van der Waals surface area contributed by atoms with Crippen LogP contribution in [0, 0.1) is 11.8 Å². The molecule has 0 radical (unpaired) electrons. The van der Waals surface area contributed by atoms with Crippen LogP contribution < -0.4 is 0 Å². The van der Waals surface area contributed by atoms with E-state index in [4.69, 9.17) is 23.2 Å². The highest BCUT2D eigenvalue weighted by Crippen LogP contribution is 2.41. The number of hydrogen-bond acceptors (Lipinski definition) is 0. The molecule has 0 heterocycles. The van der Waals surface area contributed by atoms with Crippen molar-refractivity contribution in [3.63, 3.8) is 0 Å². The maximum Gasteiger partial charge on any atom is 0.391 e. The standard InChI is InChI=1S/C15H17Cl2F3/c16-13-3-1-2-10(8-13)9-14(17)11-4-6-12(7-5-11)15(18,19)20/h1-3,8,11-12,14H,4-7,9H2. The first-order valence-electron chi connectivity index (χ1n) is 6.81. The maximum absolute atomic E-state index is 12.6. The van der Waals surface area contributed by atoms with Gasteiger partial charge in [0.2, 0.25) is 0 Å². The van der Waals surface area contributed by atoms with E-state index in [2.05, 4.69) is 0 Å². The maximum atomic E-state index is 12.6. The molecule has 0 nitrogen and oxygen atoms in total. The van der Waals surface area contributed by atoms with E-state index < -0.39 is 12.1 Å². The second-order valence-corrected chi connectivity index (χ2v) is 6.50. The van der Waals surface area contributed by atoms with Gasteiger partial charge in [-0.1, -0.05) is 23.7 Å². The van der Waals surface area contributed by atoms with Crippen LogP contribution in [0.2, 0.25) is 5.02 Å². The lowest BCUT2D eigenvalue weighted by molar-refractivity contribution is -0.183. The first-order valence-corrected chi connectivity index (χ1v) is 7.63. The number of alkyl halides is 4. The van der Waals surface area contributed by atoms with E-state index in [-0.39, 0.29) is 24.1 Å². The lowest BCUT2D eigenvalue weighted by Crippen LogP contribution is -2.31. The summed E-state index contributed by atoms with van der Waals surface area (Å²) in [7, 11) is 0. The van der Waals surface area contributed by atoms with Gasteiger partial charge < -0.3 is 0 Å². The van der Waals surface area contributed by atoms with Crippen LogP contribution in [0.4, 0.5) is 13.2 Å². The highest BCUT2D eigenvalue weighted by atomic mass is 35.5. The highest BCUT2D eigenvalue weighted by molar-refractivity contribution is 6.30. The van der Waals surface area contributed by atoms with Gasteiger partial charge in [0, 0.05) is 10.4 Å². The average Bonchev–Trinajstić information content (AvgIpc) is 2.38. The van der Waals surface area contributed by atoms with Crippen molar-refractivity contribution < 1.29 is 13.2 Å². The molecule has 0 spiro atoms. The molecular formula is C15H17Cl2F3. The van der Waals surface area contributed by atoms with Crippen LogP contribution in [0.15, 0.2) is 24.3 Å². The lowest BCUT2D eigenvalue weighted by Gasteiger charge is -2.32. The summed E-state index contributed by atoms with van der Waals surface area (Å²) in [6.07, 6.45) is -1.89. The highest BCUT2D eigenvalue weighted by Gasteiger charge is 2.42. The minimum absolute atomic E-state index is 0.123. The fraction of sp³-hybridized carbons (Fsp3) is 0.600. The normalized spacial score (nSPS) is 25.4. The lowest BCUT2D eigenvalue weighted by atomic mass is 9.79. The van der Waals surface area contributed by atoms with Crippen LogP contribution in [-0.4, -0.2) is 11.6 Å². The Bertz CT molecular complexity index is 437. The Morgan fingerprint density at radius 1 is 1.15 bits per heavy atom. The summed E-state index contributed by atoms with van der Waals surface area (Å²) in [5.74, 6) is -0.983. The zero-order chi connectivity index (χ0) is 14.8. The number of rotatable bonds is 3. The monoisotopic (exact) mass is 324 g/mol.